The number of carbonyl (C=O) groups excluding carboxylic acids is 3. The number of halogens is 2. The lowest BCUT2D eigenvalue weighted by Gasteiger charge is -2.43. The molecule has 8 rings (SSSR count). The van der Waals surface area contributed by atoms with Gasteiger partial charge in [0.1, 0.15) is 29.2 Å². The highest BCUT2D eigenvalue weighted by Crippen LogP contribution is 2.39. The Morgan fingerprint density at radius 3 is 2.39 bits per heavy atom. The number of carbonyl (C=O) groups is 3. The molecule has 3 saturated heterocycles. The number of nitrogens with one attached hydrogen (secondary N) is 4. The molecule has 3 amide bonds. The third kappa shape index (κ3) is 10.4. The van der Waals surface area contributed by atoms with E-state index in [1.165, 1.54) is 30.3 Å². The van der Waals surface area contributed by atoms with Crippen LogP contribution in [0.1, 0.15) is 54.1 Å². The summed E-state index contributed by atoms with van der Waals surface area (Å²) in [5.74, 6) is -0.165. The summed E-state index contributed by atoms with van der Waals surface area (Å²) in [5, 5.41) is 8.93. The molecule has 5 heterocycles. The van der Waals surface area contributed by atoms with E-state index in [0.717, 1.165) is 76.0 Å². The van der Waals surface area contributed by atoms with E-state index in [2.05, 4.69) is 64.4 Å². The van der Waals surface area contributed by atoms with E-state index in [-0.39, 0.29) is 66.0 Å². The van der Waals surface area contributed by atoms with Crippen LogP contribution in [0.25, 0.3) is 0 Å². The van der Waals surface area contributed by atoms with Crippen LogP contribution in [-0.4, -0.2) is 136 Å². The maximum absolute atomic E-state index is 15.1. The first-order valence-electron chi connectivity index (χ1n) is 21.9. The Labute approximate surface area is 388 Å². The Bertz CT molecular complexity index is 2610. The van der Waals surface area contributed by atoms with Crippen LogP contribution in [0.15, 0.2) is 48.7 Å². The van der Waals surface area contributed by atoms with Crippen LogP contribution in [0.2, 0.25) is 5.02 Å². The number of hydrogen-bond acceptors (Lipinski definition) is 15. The van der Waals surface area contributed by atoms with Gasteiger partial charge in [0.15, 0.2) is 17.4 Å². The van der Waals surface area contributed by atoms with Gasteiger partial charge in [-0.05, 0) is 61.6 Å². The third-order valence-corrected chi connectivity index (χ3v) is 13.4. The molecule has 1 atom stereocenters. The summed E-state index contributed by atoms with van der Waals surface area (Å²) in [7, 11) is -0.493. The largest absolute Gasteiger partial charge is 0.497 e. The summed E-state index contributed by atoms with van der Waals surface area (Å²) < 4.78 is 59.0. The summed E-state index contributed by atoms with van der Waals surface area (Å²) >= 11 is 6.51. The highest BCUT2D eigenvalue weighted by Gasteiger charge is 2.41. The van der Waals surface area contributed by atoms with Crippen molar-refractivity contribution in [2.45, 2.75) is 57.7 Å². The molecule has 1 unspecified atom stereocenters. The summed E-state index contributed by atoms with van der Waals surface area (Å²) in [6.45, 7) is 8.30. The van der Waals surface area contributed by atoms with E-state index >= 15 is 4.39 Å². The lowest BCUT2D eigenvalue weighted by Crippen LogP contribution is -2.53. The van der Waals surface area contributed by atoms with Gasteiger partial charge >= 0.3 is 0 Å². The Balaban J connectivity index is 0.840. The number of amides is 3. The fraction of sp³-hybridized carbons (Fsp3) is 0.444. The number of sulfonamides is 1. The third-order valence-electron chi connectivity index (χ3n) is 12.5. The number of piperazine rings is 1. The van der Waals surface area contributed by atoms with Crippen LogP contribution >= 0.6 is 11.6 Å². The number of benzene rings is 3. The number of fused-ring (bicyclic) bond motifs is 1. The predicted molar refractivity (Wildman–Crippen MR) is 249 cm³/mol. The van der Waals surface area contributed by atoms with Gasteiger partial charge in [-0.15, -0.1) is 0 Å². The normalized spacial score (nSPS) is 18.5. The maximum atomic E-state index is 15.1. The van der Waals surface area contributed by atoms with Crippen molar-refractivity contribution < 1.29 is 41.4 Å². The van der Waals surface area contributed by atoms with Gasteiger partial charge < -0.3 is 34.6 Å². The topological polar surface area (TPSA) is 200 Å². The Kier molecular flexibility index (Phi) is 14.0. The number of methoxy groups -OCH3 is 2. The van der Waals surface area contributed by atoms with Gasteiger partial charge in [0, 0.05) is 87.2 Å². The van der Waals surface area contributed by atoms with Crippen molar-refractivity contribution in [3.63, 3.8) is 0 Å². The molecule has 3 fully saturated rings. The molecule has 1 aromatic heterocycles. The molecule has 0 bridgehead atoms. The fourth-order valence-corrected chi connectivity index (χ4v) is 9.81. The Hall–Kier alpha value is -5.96. The SMILES string of the molecule is CCc1cc(Nc2ncc(Cl)c(Nc3ccc(OC)cc3NS(C)(=O)=O)n2)c(OC)cc1N1CCC(N2CCN(CCOc3c(F)ccc4c3CN(C3CCC(=O)NC3=O)C4=O)CC2)CC1. The maximum Gasteiger partial charge on any atom is 0.255 e. The number of hydrogen-bond donors (Lipinski definition) is 4. The lowest BCUT2D eigenvalue weighted by atomic mass is 9.99. The molecule has 4 aliphatic rings. The molecule has 3 aromatic carbocycles. The minimum absolute atomic E-state index is 0.0435. The molecule has 0 spiro atoms. The number of ether oxygens (including phenoxy) is 3. The standard InChI is InChI=1S/C45H54ClFN10O8S/c1-5-27-22-36(50-45-48-25-32(46)42(52-45)49-34-9-6-29(63-2)23-35(34)53-66(4,61)62)39(64-3)24-38(27)56-14-12-28(13-15-56)55-18-16-54(17-19-55)20-21-65-41-31-26-57(37-10-11-40(58)51-43(37)59)44(60)30(31)7-8-33(41)47/h6-9,22-25,28,37,53H,5,10-21,26H2,1-4H3,(H,51,58,59)(H2,48,49,50,52). The van der Waals surface area contributed by atoms with Gasteiger partial charge in [0.25, 0.3) is 5.91 Å². The van der Waals surface area contributed by atoms with E-state index in [4.69, 9.17) is 25.8 Å². The van der Waals surface area contributed by atoms with Gasteiger partial charge in [-0.3, -0.25) is 34.2 Å². The highest BCUT2D eigenvalue weighted by atomic mass is 35.5. The first kappa shape index (κ1) is 46.6. The minimum Gasteiger partial charge on any atom is -0.497 e. The molecule has 352 valence electrons. The van der Waals surface area contributed by atoms with Crippen molar-refractivity contribution >= 4 is 73.9 Å². The second-order valence-electron chi connectivity index (χ2n) is 16.7. The molecule has 0 aliphatic carbocycles. The monoisotopic (exact) mass is 948 g/mol. The second-order valence-corrected chi connectivity index (χ2v) is 18.9. The molecule has 0 saturated carbocycles. The second kappa shape index (κ2) is 19.9. The van der Waals surface area contributed by atoms with Crippen molar-refractivity contribution in [2.75, 3.05) is 93.2 Å². The van der Waals surface area contributed by atoms with Gasteiger partial charge in [-0.25, -0.2) is 17.8 Å². The zero-order chi connectivity index (χ0) is 46.7. The number of imide groups is 1. The summed E-state index contributed by atoms with van der Waals surface area (Å²) in [5.41, 5.74) is 4.34. The van der Waals surface area contributed by atoms with Crippen molar-refractivity contribution in [2.24, 2.45) is 0 Å². The molecule has 66 heavy (non-hydrogen) atoms. The number of aryl methyl sites for hydroxylation is 1. The van der Waals surface area contributed by atoms with Crippen molar-refractivity contribution in [1.29, 1.82) is 0 Å². The van der Waals surface area contributed by atoms with E-state index in [0.29, 0.717) is 46.6 Å². The van der Waals surface area contributed by atoms with Crippen molar-refractivity contribution in [3.8, 4) is 17.2 Å². The van der Waals surface area contributed by atoms with Crippen molar-refractivity contribution in [1.82, 2.24) is 30.0 Å². The van der Waals surface area contributed by atoms with E-state index in [1.807, 2.05) is 0 Å². The van der Waals surface area contributed by atoms with Crippen LogP contribution < -0.4 is 39.8 Å². The van der Waals surface area contributed by atoms with Crippen LogP contribution in [0.5, 0.6) is 17.2 Å². The Morgan fingerprint density at radius 2 is 1.70 bits per heavy atom. The average Bonchev–Trinajstić information content (AvgIpc) is 3.63. The van der Waals surface area contributed by atoms with E-state index in [9.17, 15) is 22.8 Å². The number of piperidine rings is 2. The zero-order valence-electron chi connectivity index (χ0n) is 37.3. The quantitative estimate of drug-likeness (QED) is 0.108. The molecule has 21 heteroatoms. The summed E-state index contributed by atoms with van der Waals surface area (Å²) in [6.07, 6.45) is 5.68. The molecule has 18 nitrogen and oxygen atoms in total. The smallest absolute Gasteiger partial charge is 0.255 e. The van der Waals surface area contributed by atoms with Gasteiger partial charge in [0.05, 0.1) is 50.3 Å². The van der Waals surface area contributed by atoms with Crippen LogP contribution in [0.3, 0.4) is 0 Å². The minimum atomic E-state index is -3.61. The molecule has 0 radical (unpaired) electrons. The number of rotatable bonds is 16. The number of aromatic nitrogens is 2. The van der Waals surface area contributed by atoms with Crippen LogP contribution in [0, 0.1) is 5.82 Å². The van der Waals surface area contributed by atoms with Crippen molar-refractivity contribution in [3.05, 3.63) is 76.2 Å². The van der Waals surface area contributed by atoms with Crippen LogP contribution in [-0.2, 0) is 32.6 Å². The molecular weight excluding hydrogens is 895 g/mol. The highest BCUT2D eigenvalue weighted by molar-refractivity contribution is 7.92. The Morgan fingerprint density at radius 1 is 0.924 bits per heavy atom. The first-order valence-corrected chi connectivity index (χ1v) is 24.2. The number of nitrogens with zero attached hydrogens (tertiary/aromatic N) is 6. The molecule has 4 aliphatic heterocycles. The average molecular weight is 950 g/mol. The molecular formula is C45H54ClFN10O8S. The molecule has 4 N–H and O–H groups in total. The van der Waals surface area contributed by atoms with E-state index < -0.39 is 27.8 Å². The van der Waals surface area contributed by atoms with E-state index in [1.54, 1.807) is 25.3 Å². The van der Waals surface area contributed by atoms with Gasteiger partial charge in [-0.2, -0.15) is 4.98 Å². The predicted octanol–water partition coefficient (Wildman–Crippen LogP) is 5.13. The van der Waals surface area contributed by atoms with Gasteiger partial charge in [-0.1, -0.05) is 18.5 Å². The summed E-state index contributed by atoms with van der Waals surface area (Å²) in [4.78, 5) is 55.1. The zero-order valence-corrected chi connectivity index (χ0v) is 38.9. The first-order chi connectivity index (χ1) is 31.7. The fourth-order valence-electron chi connectivity index (χ4n) is 9.11. The van der Waals surface area contributed by atoms with Gasteiger partial charge in [0.2, 0.25) is 27.8 Å². The van der Waals surface area contributed by atoms with Crippen LogP contribution in [0.4, 0.5) is 38.9 Å². The molecule has 4 aromatic rings. The lowest BCUT2D eigenvalue weighted by molar-refractivity contribution is -0.136. The number of anilines is 6. The summed E-state index contributed by atoms with van der Waals surface area (Å²) in [6, 6.07) is 11.3.